The van der Waals surface area contributed by atoms with Gasteiger partial charge in [0.05, 0.1) is 22.7 Å². The summed E-state index contributed by atoms with van der Waals surface area (Å²) >= 11 is 3.37. The van der Waals surface area contributed by atoms with Gasteiger partial charge in [0.1, 0.15) is 0 Å². The summed E-state index contributed by atoms with van der Waals surface area (Å²) in [6.07, 6.45) is 0.363. The first-order valence-electron chi connectivity index (χ1n) is 3.21. The molecule has 0 atom stereocenters. The molecule has 11 heavy (non-hydrogen) atoms. The van der Waals surface area contributed by atoms with Crippen molar-refractivity contribution < 1.29 is 0 Å². The Hall–Kier alpha value is -0.820. The Morgan fingerprint density at radius 3 is 2.73 bits per heavy atom. The normalized spacial score (nSPS) is 9.64. The molecular formula is C7H8BrN3. The molecule has 1 heterocycles. The fourth-order valence-electron chi connectivity index (χ4n) is 0.839. The van der Waals surface area contributed by atoms with Gasteiger partial charge in [-0.3, -0.25) is 4.68 Å². The summed E-state index contributed by atoms with van der Waals surface area (Å²) < 4.78 is 2.71. The van der Waals surface area contributed by atoms with Gasteiger partial charge in [0.2, 0.25) is 0 Å². The number of nitriles is 1. The van der Waals surface area contributed by atoms with Gasteiger partial charge in [-0.05, 0) is 22.9 Å². The molecule has 1 rings (SSSR count). The minimum Gasteiger partial charge on any atom is -0.271 e. The predicted octanol–water partition coefficient (Wildman–Crippen LogP) is 1.56. The van der Waals surface area contributed by atoms with Crippen molar-refractivity contribution in [3.8, 4) is 6.07 Å². The van der Waals surface area contributed by atoms with Crippen LogP contribution in [0.25, 0.3) is 0 Å². The monoisotopic (exact) mass is 213 g/mol. The number of hydrogen-bond donors (Lipinski definition) is 0. The van der Waals surface area contributed by atoms with Crippen molar-refractivity contribution in [1.82, 2.24) is 9.78 Å². The van der Waals surface area contributed by atoms with Crippen LogP contribution in [0.3, 0.4) is 0 Å². The maximum Gasteiger partial charge on any atom is 0.0909 e. The molecule has 0 saturated heterocycles. The minimum absolute atomic E-state index is 0.363. The van der Waals surface area contributed by atoms with Crippen LogP contribution < -0.4 is 0 Å². The van der Waals surface area contributed by atoms with E-state index in [0.717, 1.165) is 15.9 Å². The number of hydrogen-bond acceptors (Lipinski definition) is 2. The highest BCUT2D eigenvalue weighted by atomic mass is 79.9. The Morgan fingerprint density at radius 2 is 2.36 bits per heavy atom. The third kappa shape index (κ3) is 1.43. The van der Waals surface area contributed by atoms with Gasteiger partial charge in [-0.1, -0.05) is 0 Å². The van der Waals surface area contributed by atoms with Gasteiger partial charge >= 0.3 is 0 Å². The molecule has 1 aromatic heterocycles. The predicted molar refractivity (Wildman–Crippen MR) is 45.0 cm³/mol. The first kappa shape index (κ1) is 8.28. The zero-order chi connectivity index (χ0) is 8.43. The Kier molecular flexibility index (Phi) is 2.30. The van der Waals surface area contributed by atoms with Gasteiger partial charge in [0.25, 0.3) is 0 Å². The molecule has 3 nitrogen and oxygen atoms in total. The lowest BCUT2D eigenvalue weighted by atomic mass is 10.3. The molecule has 0 radical (unpaired) electrons. The second-order valence-electron chi connectivity index (χ2n) is 2.30. The van der Waals surface area contributed by atoms with Gasteiger partial charge in [0, 0.05) is 12.7 Å². The Bertz CT molecular complexity index is 308. The molecule has 1 aromatic rings. The smallest absolute Gasteiger partial charge is 0.0909 e. The number of aryl methyl sites for hydroxylation is 1. The highest BCUT2D eigenvalue weighted by molar-refractivity contribution is 9.10. The molecule has 0 amide bonds. The maximum atomic E-state index is 8.42. The van der Waals surface area contributed by atoms with Crippen molar-refractivity contribution in [2.75, 3.05) is 0 Å². The summed E-state index contributed by atoms with van der Waals surface area (Å²) in [5.74, 6) is 0. The van der Waals surface area contributed by atoms with Gasteiger partial charge in [-0.15, -0.1) is 0 Å². The fourth-order valence-corrected chi connectivity index (χ4v) is 1.31. The molecule has 0 unspecified atom stereocenters. The van der Waals surface area contributed by atoms with Gasteiger partial charge in [0.15, 0.2) is 0 Å². The molecular weight excluding hydrogens is 206 g/mol. The highest BCUT2D eigenvalue weighted by Crippen LogP contribution is 2.19. The summed E-state index contributed by atoms with van der Waals surface area (Å²) in [5, 5.41) is 12.6. The van der Waals surface area contributed by atoms with Crippen molar-refractivity contribution in [3.05, 3.63) is 15.9 Å². The van der Waals surface area contributed by atoms with Gasteiger partial charge < -0.3 is 0 Å². The highest BCUT2D eigenvalue weighted by Gasteiger charge is 2.08. The molecule has 0 spiro atoms. The van der Waals surface area contributed by atoms with Crippen LogP contribution in [0.2, 0.25) is 0 Å². The molecule has 0 aliphatic rings. The minimum atomic E-state index is 0.363. The second-order valence-corrected chi connectivity index (χ2v) is 3.10. The van der Waals surface area contributed by atoms with Crippen LogP contribution in [0.5, 0.6) is 0 Å². The number of nitrogens with zero attached hydrogens (tertiary/aromatic N) is 3. The largest absolute Gasteiger partial charge is 0.271 e. The zero-order valence-corrected chi connectivity index (χ0v) is 8.01. The summed E-state index contributed by atoms with van der Waals surface area (Å²) in [6, 6.07) is 2.06. The second kappa shape index (κ2) is 3.05. The van der Waals surface area contributed by atoms with Crippen molar-refractivity contribution >= 4 is 15.9 Å². The summed E-state index contributed by atoms with van der Waals surface area (Å²) in [4.78, 5) is 0. The Balaban J connectivity index is 3.10. The van der Waals surface area contributed by atoms with E-state index in [4.69, 9.17) is 5.26 Å². The van der Waals surface area contributed by atoms with Crippen LogP contribution in [0.15, 0.2) is 4.47 Å². The van der Waals surface area contributed by atoms with Crippen LogP contribution in [0.4, 0.5) is 0 Å². The SMILES string of the molecule is Cc1c(Br)c(CC#N)nn1C. The van der Waals surface area contributed by atoms with E-state index in [1.165, 1.54) is 0 Å². The third-order valence-corrected chi connectivity index (χ3v) is 2.61. The average Bonchev–Trinajstić information content (AvgIpc) is 2.19. The fraction of sp³-hybridized carbons (Fsp3) is 0.429. The van der Waals surface area contributed by atoms with E-state index in [9.17, 15) is 0 Å². The van der Waals surface area contributed by atoms with Crippen LogP contribution in [0.1, 0.15) is 11.4 Å². The van der Waals surface area contributed by atoms with E-state index >= 15 is 0 Å². The van der Waals surface area contributed by atoms with E-state index in [1.54, 1.807) is 4.68 Å². The van der Waals surface area contributed by atoms with Crippen LogP contribution >= 0.6 is 15.9 Å². The van der Waals surface area contributed by atoms with E-state index < -0.39 is 0 Å². The zero-order valence-electron chi connectivity index (χ0n) is 6.43. The summed E-state index contributed by atoms with van der Waals surface area (Å²) in [6.45, 7) is 1.96. The van der Waals surface area contributed by atoms with E-state index in [0.29, 0.717) is 6.42 Å². The number of aromatic nitrogens is 2. The van der Waals surface area contributed by atoms with E-state index in [2.05, 4.69) is 27.1 Å². The van der Waals surface area contributed by atoms with Crippen molar-refractivity contribution in [3.63, 3.8) is 0 Å². The van der Waals surface area contributed by atoms with E-state index in [-0.39, 0.29) is 0 Å². The molecule has 0 bridgehead atoms. The van der Waals surface area contributed by atoms with Crippen molar-refractivity contribution in [1.29, 1.82) is 5.26 Å². The average molecular weight is 214 g/mol. The third-order valence-electron chi connectivity index (χ3n) is 1.57. The van der Waals surface area contributed by atoms with Crippen LogP contribution in [0, 0.1) is 18.3 Å². The summed E-state index contributed by atoms with van der Waals surface area (Å²) in [5.41, 5.74) is 1.86. The lowest BCUT2D eigenvalue weighted by molar-refractivity contribution is 0.727. The Labute approximate surface area is 73.8 Å². The molecule has 0 aliphatic carbocycles. The lowest BCUT2D eigenvalue weighted by Gasteiger charge is -1.89. The standard InChI is InChI=1S/C7H8BrN3/c1-5-7(8)6(3-4-9)10-11(5)2/h3H2,1-2H3. The first-order chi connectivity index (χ1) is 5.16. The molecule has 58 valence electrons. The molecule has 0 aliphatic heterocycles. The van der Waals surface area contributed by atoms with E-state index in [1.807, 2.05) is 14.0 Å². The molecule has 0 aromatic carbocycles. The topological polar surface area (TPSA) is 41.6 Å². The first-order valence-corrected chi connectivity index (χ1v) is 4.01. The lowest BCUT2D eigenvalue weighted by Crippen LogP contribution is -1.93. The molecule has 0 saturated carbocycles. The van der Waals surface area contributed by atoms with Crippen LogP contribution in [-0.2, 0) is 13.5 Å². The molecule has 0 fully saturated rings. The van der Waals surface area contributed by atoms with Gasteiger partial charge in [-0.2, -0.15) is 10.4 Å². The molecule has 0 N–H and O–H groups in total. The maximum absolute atomic E-state index is 8.42. The van der Waals surface area contributed by atoms with Crippen LogP contribution in [-0.4, -0.2) is 9.78 Å². The Morgan fingerprint density at radius 1 is 1.73 bits per heavy atom. The quantitative estimate of drug-likeness (QED) is 0.711. The van der Waals surface area contributed by atoms with Crippen molar-refractivity contribution in [2.45, 2.75) is 13.3 Å². The van der Waals surface area contributed by atoms with Gasteiger partial charge in [-0.25, -0.2) is 0 Å². The summed E-state index contributed by atoms with van der Waals surface area (Å²) in [7, 11) is 1.86. The van der Waals surface area contributed by atoms with Crippen molar-refractivity contribution in [2.24, 2.45) is 7.05 Å². The molecule has 4 heteroatoms. The number of rotatable bonds is 1. The number of halogens is 1.